The highest BCUT2D eigenvalue weighted by Gasteiger charge is 2.55. The number of hydrogen-bond donors (Lipinski definition) is 10. The van der Waals surface area contributed by atoms with E-state index in [4.69, 9.17) is 24.4 Å². The van der Waals surface area contributed by atoms with Gasteiger partial charge in [0, 0.05) is 65.8 Å². The number of ether oxygens (including phenoxy) is 2. The zero-order chi connectivity index (χ0) is 55.2. The molecule has 4 aromatic rings. The summed E-state index contributed by atoms with van der Waals surface area (Å²) < 4.78 is 12.5. The molecule has 0 aromatic carbocycles. The van der Waals surface area contributed by atoms with Crippen molar-refractivity contribution in [3.8, 4) is 11.4 Å². The van der Waals surface area contributed by atoms with Crippen LogP contribution in [0.1, 0.15) is 155 Å². The fraction of sp³-hybridized carbons (Fsp3) is 0.641. The number of fused-ring (bicyclic) bond motifs is 28. The topological polar surface area (TPSA) is 224 Å². The van der Waals surface area contributed by atoms with Crippen molar-refractivity contribution in [3.63, 3.8) is 0 Å². The molecule has 17 atom stereocenters. The normalized spacial score (nSPS) is 35.6. The summed E-state index contributed by atoms with van der Waals surface area (Å²) in [6.07, 6.45) is 31.5. The van der Waals surface area contributed by atoms with Gasteiger partial charge in [0.05, 0.1) is 91.5 Å². The van der Waals surface area contributed by atoms with Crippen molar-refractivity contribution in [1.82, 2.24) is 72.0 Å². The molecule has 4 aliphatic carbocycles. The molecule has 0 spiro atoms. The van der Waals surface area contributed by atoms with Crippen LogP contribution in [0.25, 0.3) is 45.6 Å². The first-order valence-electron chi connectivity index (χ1n) is 31.9. The zero-order valence-corrected chi connectivity index (χ0v) is 48.2. The summed E-state index contributed by atoms with van der Waals surface area (Å²) in [6, 6.07) is 8.44. The van der Waals surface area contributed by atoms with E-state index in [9.17, 15) is 9.59 Å². The fourth-order valence-electron chi connectivity index (χ4n) is 18.4. The van der Waals surface area contributed by atoms with Gasteiger partial charge in [0.1, 0.15) is 5.82 Å². The lowest BCUT2D eigenvalue weighted by Gasteiger charge is -2.38. The minimum Gasteiger partial charge on any atom is -0.469 e. The second-order valence-electron chi connectivity index (χ2n) is 26.4. The summed E-state index contributed by atoms with van der Waals surface area (Å²) in [7, 11) is 4.92. The standard InChI is InChI=1S/C64H86N14O4/c1-78-31-30-65-64(78)55-50-26-22-46(68-50)41(18-28-52(79)81-2)44-20-24-48(66-44)54(49-25-21-45(67-49)42(19-29-53(80)82-3)47-23-27-51(55)69-47)33-16-17-40-43(32-33)63-76-61-39-15-9-8-14-38(39)59(74-61)72-57-35-11-5-4-10-34(35)56(70-57)71-58-36-12-6-7-13-37(36)60(73-58)75-62(40)77-63/h20,22-24,26-27,30-31,33-40,43,56-63,68-77H,4-19,21,25,28-29,32H2,1-3H3. The van der Waals surface area contributed by atoms with Crippen molar-refractivity contribution in [2.24, 2.45) is 54.4 Å². The highest BCUT2D eigenvalue weighted by molar-refractivity contribution is 5.92. The van der Waals surface area contributed by atoms with Gasteiger partial charge < -0.3 is 24.0 Å². The maximum atomic E-state index is 13.0. The lowest BCUT2D eigenvalue weighted by atomic mass is 9.70. The van der Waals surface area contributed by atoms with Gasteiger partial charge in [0.15, 0.2) is 0 Å². The molecular formula is C64H86N14O4. The predicted octanol–water partition coefficient (Wildman–Crippen LogP) is 7.19. The van der Waals surface area contributed by atoms with Gasteiger partial charge in [-0.3, -0.25) is 57.1 Å². The maximum Gasteiger partial charge on any atom is 0.305 e. The number of nitrogens with zero attached hydrogens (tertiary/aromatic N) is 4. The Balaban J connectivity index is 0.846. The van der Waals surface area contributed by atoms with Gasteiger partial charge in [-0.2, -0.15) is 0 Å². The Morgan fingerprint density at radius 1 is 0.512 bits per heavy atom. The Morgan fingerprint density at radius 2 is 0.939 bits per heavy atom. The van der Waals surface area contributed by atoms with Crippen LogP contribution in [0.3, 0.4) is 0 Å². The molecule has 10 N–H and O–H groups in total. The number of hydrogen-bond acceptors (Lipinski definition) is 15. The van der Waals surface area contributed by atoms with Crippen LogP contribution in [-0.2, 0) is 51.8 Å². The maximum absolute atomic E-state index is 13.0. The number of carbonyl (C=O) groups is 2. The summed E-state index contributed by atoms with van der Waals surface area (Å²) in [6.45, 7) is 0. The van der Waals surface area contributed by atoms with Crippen LogP contribution in [-0.4, -0.2) is 105 Å². The van der Waals surface area contributed by atoms with E-state index in [1.165, 1.54) is 96.8 Å². The van der Waals surface area contributed by atoms with Crippen LogP contribution in [0, 0.1) is 47.3 Å². The molecule has 17 unspecified atom stereocenters. The van der Waals surface area contributed by atoms with Crippen molar-refractivity contribution in [2.75, 3.05) is 14.2 Å². The minimum atomic E-state index is -0.261. The Bertz CT molecular complexity index is 3270. The number of aryl methyl sites for hydroxylation is 5. The van der Waals surface area contributed by atoms with Gasteiger partial charge in [0.2, 0.25) is 0 Å². The molecule has 82 heavy (non-hydrogen) atoms. The van der Waals surface area contributed by atoms with Crippen LogP contribution in [0.4, 0.5) is 0 Å². The molecule has 5 saturated heterocycles. The van der Waals surface area contributed by atoms with Crippen molar-refractivity contribution in [2.45, 2.75) is 190 Å². The number of rotatable bonds is 8. The molecule has 4 saturated carbocycles. The SMILES string of the molecule is COC(=O)CCc1c2nc(c(C3CCC4C5NC6NC(NC7NC(NC8NC(NC(N5)C4C3)C3CCCCC83)C3CCCCC73)C3CCCCC63)c3nc(c(CCC(=O)OC)c4ccc([nH]4)c(-c4nccn4C)c4ccc1[nH]4)CC3)C=C2. The summed E-state index contributed by atoms with van der Waals surface area (Å²) in [4.78, 5) is 49.7. The number of esters is 2. The third-order valence-corrected chi connectivity index (χ3v) is 22.3. The highest BCUT2D eigenvalue weighted by atomic mass is 16.5. The summed E-state index contributed by atoms with van der Waals surface area (Å²) in [5.74, 6) is 4.86. The minimum absolute atomic E-state index is 0.0990. The van der Waals surface area contributed by atoms with Crippen LogP contribution in [0.15, 0.2) is 36.7 Å². The largest absolute Gasteiger partial charge is 0.469 e. The Kier molecular flexibility index (Phi) is 14.5. The molecule has 9 fully saturated rings. The van der Waals surface area contributed by atoms with E-state index in [0.717, 1.165) is 99.5 Å². The van der Waals surface area contributed by atoms with Gasteiger partial charge in [-0.05, 0) is 179 Å². The smallest absolute Gasteiger partial charge is 0.305 e. The van der Waals surface area contributed by atoms with Crippen LogP contribution in [0.2, 0.25) is 0 Å². The Labute approximate surface area is 481 Å². The summed E-state index contributed by atoms with van der Waals surface area (Å²) in [5.41, 5.74) is 11.6. The van der Waals surface area contributed by atoms with E-state index in [2.05, 4.69) is 88.9 Å². The Morgan fingerprint density at radius 3 is 1.41 bits per heavy atom. The van der Waals surface area contributed by atoms with Gasteiger partial charge in [-0.1, -0.05) is 38.5 Å². The second kappa shape index (κ2) is 22.3. The number of aromatic nitrogens is 6. The molecule has 11 aliphatic rings. The number of nitrogens with one attached hydrogen (secondary N) is 10. The van der Waals surface area contributed by atoms with E-state index >= 15 is 0 Å². The monoisotopic (exact) mass is 1110 g/mol. The Hall–Kier alpha value is -5.31. The van der Waals surface area contributed by atoms with Crippen LogP contribution >= 0.6 is 0 Å². The lowest BCUT2D eigenvalue weighted by molar-refractivity contribution is -0.141. The average Bonchev–Trinajstić information content (AvgIpc) is 4.40. The third kappa shape index (κ3) is 9.68. The number of carbonyl (C=O) groups excluding carboxylic acids is 2. The summed E-state index contributed by atoms with van der Waals surface area (Å²) in [5, 5.41) is 34.6. The van der Waals surface area contributed by atoms with Crippen molar-refractivity contribution < 1.29 is 19.1 Å². The number of imidazole rings is 1. The molecule has 11 heterocycles. The quantitative estimate of drug-likeness (QED) is 0.0695. The van der Waals surface area contributed by atoms with Crippen LogP contribution < -0.4 is 42.5 Å². The average molecular weight is 1120 g/mol. The molecule has 0 radical (unpaired) electrons. The van der Waals surface area contributed by atoms with Crippen molar-refractivity contribution in [1.29, 1.82) is 0 Å². The molecule has 16 bridgehead atoms. The number of aromatic amines is 2. The molecular weight excluding hydrogens is 1030 g/mol. The lowest BCUT2D eigenvalue weighted by Crippen LogP contribution is -2.61. The first-order chi connectivity index (χ1) is 40.2. The van der Waals surface area contributed by atoms with Crippen LogP contribution in [0.5, 0.6) is 0 Å². The van der Waals surface area contributed by atoms with E-state index < -0.39 is 0 Å². The molecule has 4 aromatic heterocycles. The van der Waals surface area contributed by atoms with Gasteiger partial charge in [0.25, 0.3) is 0 Å². The molecule has 18 heteroatoms. The summed E-state index contributed by atoms with van der Waals surface area (Å²) >= 11 is 0. The molecule has 0 amide bonds. The van der Waals surface area contributed by atoms with Gasteiger partial charge in [-0.15, -0.1) is 0 Å². The molecule has 436 valence electrons. The van der Waals surface area contributed by atoms with E-state index in [0.29, 0.717) is 72.5 Å². The molecule has 15 rings (SSSR count). The van der Waals surface area contributed by atoms with Crippen molar-refractivity contribution in [3.05, 3.63) is 76.1 Å². The van der Waals surface area contributed by atoms with E-state index in [1.807, 2.05) is 24.0 Å². The van der Waals surface area contributed by atoms with Crippen molar-refractivity contribution >= 4 is 46.2 Å². The van der Waals surface area contributed by atoms with E-state index in [-0.39, 0.29) is 67.7 Å². The van der Waals surface area contributed by atoms with E-state index in [1.54, 1.807) is 0 Å². The highest BCUT2D eigenvalue weighted by Crippen LogP contribution is 2.50. The second-order valence-corrected chi connectivity index (χ2v) is 26.4. The predicted molar refractivity (Wildman–Crippen MR) is 316 cm³/mol. The number of methoxy groups -OCH3 is 2. The molecule has 18 nitrogen and oxygen atoms in total. The number of H-pyrrole nitrogens is 2. The third-order valence-electron chi connectivity index (χ3n) is 22.3. The zero-order valence-electron chi connectivity index (χ0n) is 48.2. The fourth-order valence-corrected chi connectivity index (χ4v) is 18.4. The van der Waals surface area contributed by atoms with Gasteiger partial charge in [-0.25, -0.2) is 9.97 Å². The first kappa shape index (κ1) is 53.4. The first-order valence-corrected chi connectivity index (χ1v) is 31.9. The molecule has 7 aliphatic heterocycles. The van der Waals surface area contributed by atoms with Gasteiger partial charge >= 0.3 is 11.9 Å².